The Morgan fingerprint density at radius 1 is 1.20 bits per heavy atom. The Labute approximate surface area is 92.2 Å². The second kappa shape index (κ2) is 5.64. The molecule has 0 heterocycles. The minimum absolute atomic E-state index is 0.514. The van der Waals surface area contributed by atoms with Crippen LogP contribution >= 0.6 is 0 Å². The number of ether oxygens (including phenoxy) is 2. The van der Waals surface area contributed by atoms with E-state index in [1.807, 2.05) is 12.1 Å². The molecule has 1 unspecified atom stereocenters. The monoisotopic (exact) mass is 208 g/mol. The summed E-state index contributed by atoms with van der Waals surface area (Å²) in [6, 6.07) is 6.06. The topological polar surface area (TPSA) is 18.5 Å². The maximum absolute atomic E-state index is 5.41. The Hall–Kier alpha value is -1.18. The quantitative estimate of drug-likeness (QED) is 0.736. The molecule has 1 rings (SSSR count). The largest absolute Gasteiger partial charge is 0.493 e. The van der Waals surface area contributed by atoms with Gasteiger partial charge in [0.25, 0.3) is 0 Å². The third-order valence-corrected chi connectivity index (χ3v) is 2.69. The fourth-order valence-electron chi connectivity index (χ4n) is 1.89. The van der Waals surface area contributed by atoms with Crippen LogP contribution in [0.2, 0.25) is 0 Å². The summed E-state index contributed by atoms with van der Waals surface area (Å²) in [4.78, 5) is 0. The molecule has 1 atom stereocenters. The van der Waals surface area contributed by atoms with Crippen molar-refractivity contribution in [2.75, 3.05) is 14.2 Å². The van der Waals surface area contributed by atoms with Gasteiger partial charge in [0.15, 0.2) is 11.5 Å². The molecule has 0 fully saturated rings. The van der Waals surface area contributed by atoms with Crippen LogP contribution in [0, 0.1) is 0 Å². The summed E-state index contributed by atoms with van der Waals surface area (Å²) >= 11 is 0. The lowest BCUT2D eigenvalue weighted by atomic mass is 9.95. The van der Waals surface area contributed by atoms with Crippen molar-refractivity contribution in [3.63, 3.8) is 0 Å². The zero-order valence-electron chi connectivity index (χ0n) is 10.0. The molecule has 0 aromatic heterocycles. The zero-order chi connectivity index (χ0) is 11.3. The van der Waals surface area contributed by atoms with E-state index < -0.39 is 0 Å². The molecule has 0 saturated heterocycles. The normalized spacial score (nSPS) is 12.3. The predicted molar refractivity (Wildman–Crippen MR) is 62.9 cm³/mol. The third-order valence-electron chi connectivity index (χ3n) is 2.69. The molecule has 84 valence electrons. The van der Waals surface area contributed by atoms with Gasteiger partial charge in [-0.1, -0.05) is 32.4 Å². The van der Waals surface area contributed by atoms with Gasteiger partial charge in [-0.2, -0.15) is 0 Å². The molecule has 0 amide bonds. The van der Waals surface area contributed by atoms with E-state index in [1.54, 1.807) is 14.2 Å². The van der Waals surface area contributed by atoms with Crippen molar-refractivity contribution in [3.8, 4) is 11.5 Å². The van der Waals surface area contributed by atoms with Gasteiger partial charge in [0.1, 0.15) is 0 Å². The van der Waals surface area contributed by atoms with E-state index in [2.05, 4.69) is 19.9 Å². The summed E-state index contributed by atoms with van der Waals surface area (Å²) in [5, 5.41) is 0. The number of para-hydroxylation sites is 1. The van der Waals surface area contributed by atoms with Crippen molar-refractivity contribution >= 4 is 0 Å². The summed E-state index contributed by atoms with van der Waals surface area (Å²) in [6.07, 6.45) is 2.35. The average molecular weight is 208 g/mol. The van der Waals surface area contributed by atoms with Crippen molar-refractivity contribution < 1.29 is 9.47 Å². The highest BCUT2D eigenvalue weighted by Crippen LogP contribution is 2.36. The Morgan fingerprint density at radius 2 is 1.93 bits per heavy atom. The summed E-state index contributed by atoms with van der Waals surface area (Å²) in [6.45, 7) is 4.42. The first-order valence-electron chi connectivity index (χ1n) is 5.45. The van der Waals surface area contributed by atoms with Gasteiger partial charge < -0.3 is 9.47 Å². The molecule has 0 N–H and O–H groups in total. The molecule has 2 nitrogen and oxygen atoms in total. The summed E-state index contributed by atoms with van der Waals surface area (Å²) in [7, 11) is 3.37. The van der Waals surface area contributed by atoms with Crippen LogP contribution in [0.5, 0.6) is 11.5 Å². The molecule has 0 aliphatic rings. The summed E-state index contributed by atoms with van der Waals surface area (Å²) in [5.74, 6) is 2.21. The van der Waals surface area contributed by atoms with Crippen molar-refractivity contribution in [2.45, 2.75) is 32.6 Å². The zero-order valence-corrected chi connectivity index (χ0v) is 10.0. The van der Waals surface area contributed by atoms with Crippen LogP contribution in [0.25, 0.3) is 0 Å². The molecular formula is C13H20O2. The molecule has 0 aliphatic carbocycles. The second-order valence-corrected chi connectivity index (χ2v) is 3.77. The minimum atomic E-state index is 0.514. The highest BCUT2D eigenvalue weighted by Gasteiger charge is 2.14. The molecule has 0 aliphatic heterocycles. The van der Waals surface area contributed by atoms with E-state index in [0.29, 0.717) is 5.92 Å². The van der Waals surface area contributed by atoms with Crippen LogP contribution in [0.3, 0.4) is 0 Å². The molecular weight excluding hydrogens is 188 g/mol. The number of rotatable bonds is 5. The number of hydrogen-bond donors (Lipinski definition) is 0. The van der Waals surface area contributed by atoms with Gasteiger partial charge in [-0.3, -0.25) is 0 Å². The van der Waals surface area contributed by atoms with Gasteiger partial charge in [-0.05, 0) is 18.4 Å². The number of methoxy groups -OCH3 is 2. The fraction of sp³-hybridized carbons (Fsp3) is 0.538. The third kappa shape index (κ3) is 2.65. The Morgan fingerprint density at radius 3 is 2.47 bits per heavy atom. The van der Waals surface area contributed by atoms with E-state index in [0.717, 1.165) is 11.5 Å². The van der Waals surface area contributed by atoms with Crippen molar-refractivity contribution in [2.24, 2.45) is 0 Å². The van der Waals surface area contributed by atoms with Crippen LogP contribution < -0.4 is 9.47 Å². The summed E-state index contributed by atoms with van der Waals surface area (Å²) < 4.78 is 10.7. The van der Waals surface area contributed by atoms with Gasteiger partial charge >= 0.3 is 0 Å². The lowest BCUT2D eigenvalue weighted by Gasteiger charge is -2.17. The lowest BCUT2D eigenvalue weighted by molar-refractivity contribution is 0.349. The van der Waals surface area contributed by atoms with Crippen molar-refractivity contribution in [1.82, 2.24) is 0 Å². The van der Waals surface area contributed by atoms with E-state index >= 15 is 0 Å². The maximum Gasteiger partial charge on any atom is 0.164 e. The Bertz CT molecular complexity index is 307. The smallest absolute Gasteiger partial charge is 0.164 e. The van der Waals surface area contributed by atoms with Crippen molar-refractivity contribution in [3.05, 3.63) is 23.8 Å². The molecule has 0 radical (unpaired) electrons. The van der Waals surface area contributed by atoms with Crippen LogP contribution in [0.15, 0.2) is 18.2 Å². The molecule has 1 aromatic rings. The minimum Gasteiger partial charge on any atom is -0.493 e. The van der Waals surface area contributed by atoms with Crippen LogP contribution in [0.4, 0.5) is 0 Å². The fourth-order valence-corrected chi connectivity index (χ4v) is 1.89. The average Bonchev–Trinajstić information content (AvgIpc) is 2.28. The first-order chi connectivity index (χ1) is 7.24. The number of hydrogen-bond acceptors (Lipinski definition) is 2. The maximum atomic E-state index is 5.41. The van der Waals surface area contributed by atoms with Crippen molar-refractivity contribution in [1.29, 1.82) is 0 Å². The van der Waals surface area contributed by atoms with Gasteiger partial charge in [0.05, 0.1) is 14.2 Å². The Balaban J connectivity index is 3.05. The van der Waals surface area contributed by atoms with E-state index in [-0.39, 0.29) is 0 Å². The van der Waals surface area contributed by atoms with E-state index in [9.17, 15) is 0 Å². The van der Waals surface area contributed by atoms with Gasteiger partial charge in [0, 0.05) is 5.56 Å². The van der Waals surface area contributed by atoms with Gasteiger partial charge in [0.2, 0.25) is 0 Å². The molecule has 0 spiro atoms. The SMILES string of the molecule is CCCC(C)c1cccc(OC)c1OC. The molecule has 1 aromatic carbocycles. The molecule has 0 saturated carbocycles. The molecule has 0 bridgehead atoms. The van der Waals surface area contributed by atoms with Gasteiger partial charge in [-0.15, -0.1) is 0 Å². The van der Waals surface area contributed by atoms with Crippen LogP contribution in [0.1, 0.15) is 38.2 Å². The highest BCUT2D eigenvalue weighted by molar-refractivity contribution is 5.48. The van der Waals surface area contributed by atoms with E-state index in [4.69, 9.17) is 9.47 Å². The summed E-state index contributed by atoms with van der Waals surface area (Å²) in [5.41, 5.74) is 1.23. The first-order valence-corrected chi connectivity index (χ1v) is 5.45. The van der Waals surface area contributed by atoms with Crippen LogP contribution in [-0.2, 0) is 0 Å². The van der Waals surface area contributed by atoms with Gasteiger partial charge in [-0.25, -0.2) is 0 Å². The van der Waals surface area contributed by atoms with E-state index in [1.165, 1.54) is 18.4 Å². The standard InChI is InChI=1S/C13H20O2/c1-5-7-10(2)11-8-6-9-12(14-3)13(11)15-4/h6,8-10H,5,7H2,1-4H3. The predicted octanol–water partition coefficient (Wildman–Crippen LogP) is 3.61. The Kier molecular flexibility index (Phi) is 4.47. The molecule has 2 heteroatoms. The second-order valence-electron chi connectivity index (χ2n) is 3.77. The molecule has 15 heavy (non-hydrogen) atoms. The highest BCUT2D eigenvalue weighted by atomic mass is 16.5. The lowest BCUT2D eigenvalue weighted by Crippen LogP contribution is -1.99. The van der Waals surface area contributed by atoms with Crippen LogP contribution in [-0.4, -0.2) is 14.2 Å². The number of benzene rings is 1. The first kappa shape index (κ1) is 11.9.